The Labute approximate surface area is 142 Å². The molecule has 2 saturated heterocycles. The van der Waals surface area contributed by atoms with Gasteiger partial charge in [0.2, 0.25) is 0 Å². The highest BCUT2D eigenvalue weighted by Crippen LogP contribution is 2.20. The molecule has 2 aliphatic heterocycles. The first-order chi connectivity index (χ1) is 11.6. The van der Waals surface area contributed by atoms with E-state index in [0.29, 0.717) is 11.7 Å². The van der Waals surface area contributed by atoms with Crippen LogP contribution in [0.15, 0.2) is 18.3 Å². The number of amides is 2. The summed E-state index contributed by atoms with van der Waals surface area (Å²) in [6.07, 6.45) is 3.19. The van der Waals surface area contributed by atoms with Crippen molar-refractivity contribution in [3.05, 3.63) is 24.1 Å². The second kappa shape index (κ2) is 7.90. The predicted octanol–water partition coefficient (Wildman–Crippen LogP) is 1.71. The van der Waals surface area contributed by atoms with Gasteiger partial charge in [0.15, 0.2) is 0 Å². The van der Waals surface area contributed by atoms with Crippen LogP contribution in [0.2, 0.25) is 0 Å². The van der Waals surface area contributed by atoms with E-state index in [9.17, 15) is 9.18 Å². The van der Waals surface area contributed by atoms with Crippen molar-refractivity contribution in [3.63, 3.8) is 0 Å². The average molecular weight is 335 g/mol. The highest BCUT2D eigenvalue weighted by atomic mass is 19.1. The predicted molar refractivity (Wildman–Crippen MR) is 91.4 cm³/mol. The second-order valence-corrected chi connectivity index (χ2v) is 6.83. The molecule has 0 bridgehead atoms. The maximum atomic E-state index is 12.8. The first kappa shape index (κ1) is 17.1. The number of likely N-dealkylation sites (N-methyl/N-ethyl adjacent to an activating group) is 1. The number of piperidine rings is 1. The van der Waals surface area contributed by atoms with E-state index >= 15 is 0 Å². The zero-order valence-electron chi connectivity index (χ0n) is 14.2. The molecule has 0 atom stereocenters. The molecule has 2 amide bonds. The Morgan fingerprint density at radius 2 is 1.92 bits per heavy atom. The number of nitrogens with one attached hydrogen (secondary N) is 1. The molecule has 0 spiro atoms. The Hall–Kier alpha value is -1.73. The summed E-state index contributed by atoms with van der Waals surface area (Å²) in [7, 11) is 2.17. The van der Waals surface area contributed by atoms with Crippen LogP contribution in [-0.4, -0.2) is 78.6 Å². The summed E-state index contributed by atoms with van der Waals surface area (Å²) in [6.45, 7) is 7.26. The van der Waals surface area contributed by atoms with E-state index in [1.165, 1.54) is 12.1 Å². The molecule has 1 N–H and O–H groups in total. The van der Waals surface area contributed by atoms with Crippen LogP contribution in [0.5, 0.6) is 0 Å². The van der Waals surface area contributed by atoms with Gasteiger partial charge in [-0.2, -0.15) is 0 Å². The molecule has 6 nitrogen and oxygen atoms in total. The number of piperazine rings is 1. The molecule has 3 heterocycles. The molecule has 0 radical (unpaired) electrons. The highest BCUT2D eigenvalue weighted by Gasteiger charge is 2.25. The van der Waals surface area contributed by atoms with E-state index in [2.05, 4.69) is 27.1 Å². The standard InChI is InChI=1S/C17H26FN5O/c1-21-8-10-22(11-9-21)13-14-4-6-23(7-5-14)17(24)20-16-3-2-15(18)12-19-16/h2-3,12,14H,4-11,13H2,1H3,(H,19,20,24). The molecule has 1 aromatic heterocycles. The van der Waals surface area contributed by atoms with Crippen molar-refractivity contribution in [1.29, 1.82) is 0 Å². The van der Waals surface area contributed by atoms with E-state index in [4.69, 9.17) is 0 Å². The number of hydrogen-bond acceptors (Lipinski definition) is 4. The van der Waals surface area contributed by atoms with Crippen LogP contribution >= 0.6 is 0 Å². The van der Waals surface area contributed by atoms with Gasteiger partial charge < -0.3 is 14.7 Å². The summed E-state index contributed by atoms with van der Waals surface area (Å²) in [5.41, 5.74) is 0. The zero-order valence-corrected chi connectivity index (χ0v) is 14.2. The van der Waals surface area contributed by atoms with Gasteiger partial charge in [-0.15, -0.1) is 0 Å². The lowest BCUT2D eigenvalue weighted by Crippen LogP contribution is -2.48. The summed E-state index contributed by atoms with van der Waals surface area (Å²) in [5.74, 6) is 0.653. The number of nitrogens with zero attached hydrogens (tertiary/aromatic N) is 4. The molecule has 2 aliphatic rings. The van der Waals surface area contributed by atoms with Gasteiger partial charge in [-0.25, -0.2) is 14.2 Å². The van der Waals surface area contributed by atoms with Crippen molar-refractivity contribution in [2.75, 3.05) is 58.2 Å². The monoisotopic (exact) mass is 335 g/mol. The van der Waals surface area contributed by atoms with Crippen LogP contribution in [0.4, 0.5) is 15.0 Å². The minimum atomic E-state index is -0.405. The van der Waals surface area contributed by atoms with Crippen LogP contribution in [0.3, 0.4) is 0 Å². The summed E-state index contributed by atoms with van der Waals surface area (Å²) >= 11 is 0. The Morgan fingerprint density at radius 1 is 1.21 bits per heavy atom. The average Bonchev–Trinajstić information content (AvgIpc) is 2.59. The van der Waals surface area contributed by atoms with E-state index in [1.807, 2.05) is 4.90 Å². The van der Waals surface area contributed by atoms with Gasteiger partial charge in [0.05, 0.1) is 6.20 Å². The van der Waals surface area contributed by atoms with Crippen LogP contribution in [0.1, 0.15) is 12.8 Å². The Bertz CT molecular complexity index is 536. The number of urea groups is 1. The van der Waals surface area contributed by atoms with Crippen LogP contribution in [-0.2, 0) is 0 Å². The molecule has 3 rings (SSSR count). The molecule has 1 aromatic rings. The minimum Gasteiger partial charge on any atom is -0.324 e. The van der Waals surface area contributed by atoms with Crippen molar-refractivity contribution in [3.8, 4) is 0 Å². The Morgan fingerprint density at radius 3 is 2.54 bits per heavy atom. The first-order valence-corrected chi connectivity index (χ1v) is 8.68. The largest absolute Gasteiger partial charge is 0.324 e. The Kier molecular flexibility index (Phi) is 5.63. The lowest BCUT2D eigenvalue weighted by Gasteiger charge is -2.37. The smallest absolute Gasteiger partial charge is 0.323 e. The summed E-state index contributed by atoms with van der Waals surface area (Å²) in [5, 5.41) is 2.73. The van der Waals surface area contributed by atoms with Crippen molar-refractivity contribution in [2.24, 2.45) is 5.92 Å². The number of carbonyl (C=O) groups is 1. The number of hydrogen-bond donors (Lipinski definition) is 1. The fraction of sp³-hybridized carbons (Fsp3) is 0.647. The van der Waals surface area contributed by atoms with Gasteiger partial charge in [0.1, 0.15) is 11.6 Å². The van der Waals surface area contributed by atoms with Crippen LogP contribution in [0.25, 0.3) is 0 Å². The fourth-order valence-corrected chi connectivity index (χ4v) is 3.35. The molecule has 0 aliphatic carbocycles. The molecular formula is C17H26FN5O. The maximum Gasteiger partial charge on any atom is 0.323 e. The summed E-state index contributed by atoms with van der Waals surface area (Å²) < 4.78 is 12.8. The van der Waals surface area contributed by atoms with Crippen molar-refractivity contribution in [1.82, 2.24) is 19.7 Å². The molecule has 132 valence electrons. The number of likely N-dealkylation sites (tertiary alicyclic amines) is 1. The second-order valence-electron chi connectivity index (χ2n) is 6.83. The highest BCUT2D eigenvalue weighted by molar-refractivity contribution is 5.88. The third kappa shape index (κ3) is 4.64. The minimum absolute atomic E-state index is 0.146. The number of carbonyl (C=O) groups excluding carboxylic acids is 1. The van der Waals surface area contributed by atoms with Gasteiger partial charge in [0.25, 0.3) is 0 Å². The summed E-state index contributed by atoms with van der Waals surface area (Å²) in [6, 6.07) is 2.63. The zero-order chi connectivity index (χ0) is 16.9. The fourth-order valence-electron chi connectivity index (χ4n) is 3.35. The molecule has 7 heteroatoms. The summed E-state index contributed by atoms with van der Waals surface area (Å²) in [4.78, 5) is 22.9. The van der Waals surface area contributed by atoms with Gasteiger partial charge in [-0.05, 0) is 37.9 Å². The number of pyridine rings is 1. The number of anilines is 1. The lowest BCUT2D eigenvalue weighted by molar-refractivity contribution is 0.113. The molecule has 24 heavy (non-hydrogen) atoms. The van der Waals surface area contributed by atoms with E-state index in [1.54, 1.807) is 0 Å². The van der Waals surface area contributed by atoms with Crippen molar-refractivity contribution in [2.45, 2.75) is 12.8 Å². The van der Waals surface area contributed by atoms with Crippen molar-refractivity contribution < 1.29 is 9.18 Å². The van der Waals surface area contributed by atoms with E-state index < -0.39 is 5.82 Å². The lowest BCUT2D eigenvalue weighted by atomic mass is 9.96. The quantitative estimate of drug-likeness (QED) is 0.914. The molecule has 0 saturated carbocycles. The van der Waals surface area contributed by atoms with Gasteiger partial charge in [-0.3, -0.25) is 5.32 Å². The molecule has 0 aromatic carbocycles. The molecule has 0 unspecified atom stereocenters. The third-order valence-corrected chi connectivity index (χ3v) is 4.98. The normalized spacial score (nSPS) is 21.0. The Balaban J connectivity index is 1.41. The number of rotatable bonds is 3. The van der Waals surface area contributed by atoms with Gasteiger partial charge >= 0.3 is 6.03 Å². The topological polar surface area (TPSA) is 51.7 Å². The van der Waals surface area contributed by atoms with Gasteiger partial charge in [0, 0.05) is 45.8 Å². The van der Waals surface area contributed by atoms with Crippen LogP contribution in [0, 0.1) is 11.7 Å². The van der Waals surface area contributed by atoms with Crippen molar-refractivity contribution >= 4 is 11.8 Å². The third-order valence-electron chi connectivity index (χ3n) is 4.98. The van der Waals surface area contributed by atoms with Gasteiger partial charge in [-0.1, -0.05) is 0 Å². The van der Waals surface area contributed by atoms with E-state index in [0.717, 1.165) is 64.9 Å². The number of halogens is 1. The number of aromatic nitrogens is 1. The maximum absolute atomic E-state index is 12.8. The SMILES string of the molecule is CN1CCN(CC2CCN(C(=O)Nc3ccc(F)cn3)CC2)CC1. The first-order valence-electron chi connectivity index (χ1n) is 8.68. The molecular weight excluding hydrogens is 309 g/mol. The van der Waals surface area contributed by atoms with E-state index in [-0.39, 0.29) is 6.03 Å². The molecule has 2 fully saturated rings. The van der Waals surface area contributed by atoms with Crippen LogP contribution < -0.4 is 5.32 Å².